The fourth-order valence-corrected chi connectivity index (χ4v) is 3.20. The van der Waals surface area contributed by atoms with Gasteiger partial charge < -0.3 is 20.8 Å². The fourth-order valence-electron chi connectivity index (χ4n) is 3.20. The van der Waals surface area contributed by atoms with E-state index >= 15 is 0 Å². The lowest BCUT2D eigenvalue weighted by atomic mass is 10.1. The molecule has 2 aromatic heterocycles. The number of aromatic amines is 1. The predicted octanol–water partition coefficient (Wildman–Crippen LogP) is 2.95. The lowest BCUT2D eigenvalue weighted by Gasteiger charge is -2.13. The molecule has 0 spiro atoms. The first-order valence-corrected chi connectivity index (χ1v) is 10.1. The van der Waals surface area contributed by atoms with Crippen molar-refractivity contribution in [1.29, 1.82) is 0 Å². The number of anilines is 2. The third kappa shape index (κ3) is 5.00. The number of nitrogens with zero attached hydrogens (tertiary/aromatic N) is 2. The normalized spacial score (nSPS) is 12.2. The molecule has 0 fully saturated rings. The van der Waals surface area contributed by atoms with Gasteiger partial charge in [0.05, 0.1) is 40.9 Å². The van der Waals surface area contributed by atoms with Crippen molar-refractivity contribution in [2.75, 3.05) is 18.5 Å². The summed E-state index contributed by atoms with van der Waals surface area (Å²) in [4.78, 5) is 16.8. The summed E-state index contributed by atoms with van der Waals surface area (Å²) in [5.41, 5.74) is 4.35. The van der Waals surface area contributed by atoms with E-state index in [2.05, 4.69) is 25.8 Å². The summed E-state index contributed by atoms with van der Waals surface area (Å²) in [5, 5.41) is 32.6. The fraction of sp³-hybridized carbons (Fsp3) is 0.125. The number of benzene rings is 2. The van der Waals surface area contributed by atoms with Crippen LogP contribution in [0.25, 0.3) is 23.1 Å². The number of aliphatic hydroxyl groups is 2. The zero-order valence-electron chi connectivity index (χ0n) is 17.2. The Morgan fingerprint density at radius 3 is 2.75 bits per heavy atom. The number of H-pyrrole nitrogens is 1. The van der Waals surface area contributed by atoms with Gasteiger partial charge in [0.15, 0.2) is 0 Å². The van der Waals surface area contributed by atoms with Crippen LogP contribution in [0.5, 0.6) is 0 Å². The van der Waals surface area contributed by atoms with Crippen molar-refractivity contribution in [3.05, 3.63) is 83.8 Å². The van der Waals surface area contributed by atoms with Crippen LogP contribution in [-0.2, 0) is 0 Å². The number of carbonyl (C=O) groups excluding carboxylic acids is 1. The molecule has 2 aromatic carbocycles. The number of pyridine rings is 1. The lowest BCUT2D eigenvalue weighted by Crippen LogP contribution is -2.34. The van der Waals surface area contributed by atoms with E-state index in [1.165, 1.54) is 0 Å². The molecule has 32 heavy (non-hydrogen) atoms. The number of fused-ring (bicyclic) bond motifs is 1. The average Bonchev–Trinajstić information content (AvgIpc) is 3.24. The van der Waals surface area contributed by atoms with Gasteiger partial charge in [0, 0.05) is 23.8 Å². The summed E-state index contributed by atoms with van der Waals surface area (Å²) in [6.45, 7) is -0.442. The van der Waals surface area contributed by atoms with Gasteiger partial charge in [0.2, 0.25) is 0 Å². The minimum Gasteiger partial charge on any atom is -0.394 e. The van der Waals surface area contributed by atoms with Crippen molar-refractivity contribution >= 4 is 40.3 Å². The Bertz CT molecular complexity index is 1240. The van der Waals surface area contributed by atoms with Crippen LogP contribution < -0.4 is 10.6 Å². The van der Waals surface area contributed by atoms with Crippen molar-refractivity contribution in [2.45, 2.75) is 6.10 Å². The molecule has 4 rings (SSSR count). The van der Waals surface area contributed by atoms with Crippen LogP contribution in [0.1, 0.15) is 21.7 Å². The maximum atomic E-state index is 12.5. The maximum Gasteiger partial charge on any atom is 0.253 e. The highest BCUT2D eigenvalue weighted by Crippen LogP contribution is 2.26. The molecular formula is C24H23N5O3. The molecule has 0 bridgehead atoms. The quantitative estimate of drug-likeness (QED) is 0.293. The third-order valence-electron chi connectivity index (χ3n) is 4.85. The molecule has 0 aliphatic heterocycles. The van der Waals surface area contributed by atoms with Crippen LogP contribution in [0, 0.1) is 0 Å². The lowest BCUT2D eigenvalue weighted by molar-refractivity contribution is 0.0802. The summed E-state index contributed by atoms with van der Waals surface area (Å²) >= 11 is 0. The number of hydrogen-bond acceptors (Lipinski definition) is 6. The Morgan fingerprint density at radius 1 is 1.09 bits per heavy atom. The second-order valence-corrected chi connectivity index (χ2v) is 7.17. The summed E-state index contributed by atoms with van der Waals surface area (Å²) in [6, 6.07) is 18.6. The molecule has 162 valence electrons. The van der Waals surface area contributed by atoms with Crippen LogP contribution in [-0.4, -0.2) is 50.6 Å². The molecule has 8 heteroatoms. The number of amides is 1. The zero-order chi connectivity index (χ0) is 22.3. The van der Waals surface area contributed by atoms with E-state index in [0.29, 0.717) is 11.3 Å². The molecule has 2 heterocycles. The predicted molar refractivity (Wildman–Crippen MR) is 124 cm³/mol. The van der Waals surface area contributed by atoms with E-state index in [0.717, 1.165) is 28.0 Å². The molecular weight excluding hydrogens is 406 g/mol. The van der Waals surface area contributed by atoms with Crippen molar-refractivity contribution in [3.63, 3.8) is 0 Å². The highest BCUT2D eigenvalue weighted by molar-refractivity contribution is 6.00. The van der Waals surface area contributed by atoms with Crippen LogP contribution in [0.2, 0.25) is 0 Å². The van der Waals surface area contributed by atoms with Crippen molar-refractivity contribution in [2.24, 2.45) is 0 Å². The summed E-state index contributed by atoms with van der Waals surface area (Å²) < 4.78 is 0. The Morgan fingerprint density at radius 2 is 1.94 bits per heavy atom. The Kier molecular flexibility index (Phi) is 6.54. The molecule has 1 atom stereocenters. The zero-order valence-corrected chi connectivity index (χ0v) is 17.2. The molecule has 0 saturated carbocycles. The first-order valence-electron chi connectivity index (χ1n) is 10.1. The monoisotopic (exact) mass is 429 g/mol. The number of nitrogens with one attached hydrogen (secondary N) is 3. The van der Waals surface area contributed by atoms with Gasteiger partial charge in [-0.2, -0.15) is 5.10 Å². The number of aromatic nitrogens is 3. The van der Waals surface area contributed by atoms with Gasteiger partial charge in [-0.25, -0.2) is 0 Å². The van der Waals surface area contributed by atoms with E-state index in [1.54, 1.807) is 24.4 Å². The molecule has 0 aliphatic rings. The van der Waals surface area contributed by atoms with Gasteiger partial charge in [-0.05, 0) is 54.6 Å². The van der Waals surface area contributed by atoms with Crippen molar-refractivity contribution in [1.82, 2.24) is 20.5 Å². The van der Waals surface area contributed by atoms with Gasteiger partial charge in [-0.3, -0.25) is 14.9 Å². The largest absolute Gasteiger partial charge is 0.394 e. The first-order chi connectivity index (χ1) is 15.6. The van der Waals surface area contributed by atoms with E-state index in [4.69, 9.17) is 5.11 Å². The Labute approximate surface area is 184 Å². The second kappa shape index (κ2) is 9.86. The van der Waals surface area contributed by atoms with Crippen molar-refractivity contribution < 1.29 is 15.0 Å². The Balaban J connectivity index is 1.52. The minimum atomic E-state index is -0.997. The number of carbonyl (C=O) groups is 1. The molecule has 8 nitrogen and oxygen atoms in total. The molecule has 4 aromatic rings. The number of aliphatic hydroxyl groups excluding tert-OH is 2. The number of para-hydroxylation sites is 1. The molecule has 0 saturated heterocycles. The molecule has 1 unspecified atom stereocenters. The van der Waals surface area contributed by atoms with Crippen molar-refractivity contribution in [3.8, 4) is 0 Å². The minimum absolute atomic E-state index is 0.0292. The van der Waals surface area contributed by atoms with E-state index < -0.39 is 12.7 Å². The average molecular weight is 429 g/mol. The molecule has 0 aliphatic carbocycles. The van der Waals surface area contributed by atoms with E-state index in [1.807, 2.05) is 54.6 Å². The van der Waals surface area contributed by atoms with E-state index in [-0.39, 0.29) is 12.5 Å². The first kappa shape index (κ1) is 21.2. The van der Waals surface area contributed by atoms with Gasteiger partial charge in [-0.1, -0.05) is 18.2 Å². The van der Waals surface area contributed by atoms with Gasteiger partial charge in [0.1, 0.15) is 0 Å². The molecule has 0 radical (unpaired) electrons. The smallest absolute Gasteiger partial charge is 0.253 e. The highest BCUT2D eigenvalue weighted by Gasteiger charge is 2.13. The number of rotatable bonds is 8. The molecule has 1 amide bonds. The number of hydrogen-bond donors (Lipinski definition) is 5. The van der Waals surface area contributed by atoms with E-state index in [9.17, 15) is 9.90 Å². The standard InChI is InChI=1S/C24H23N5O3/c30-15-18(31)14-26-24(32)20-6-1-2-7-21(20)27-17-8-10-19-22(28-29-23(19)13-17)11-9-16-5-3-4-12-25-16/h1-13,18,27,30-31H,14-15H2,(H,26,32)(H,28,29)/b11-9+. The highest BCUT2D eigenvalue weighted by atomic mass is 16.3. The summed E-state index contributed by atoms with van der Waals surface area (Å²) in [7, 11) is 0. The van der Waals surface area contributed by atoms with Crippen LogP contribution in [0.3, 0.4) is 0 Å². The molecule has 5 N–H and O–H groups in total. The summed E-state index contributed by atoms with van der Waals surface area (Å²) in [5.74, 6) is -0.342. The topological polar surface area (TPSA) is 123 Å². The Hall–Kier alpha value is -4.01. The van der Waals surface area contributed by atoms with Crippen LogP contribution in [0.15, 0.2) is 66.9 Å². The third-order valence-corrected chi connectivity index (χ3v) is 4.85. The second-order valence-electron chi connectivity index (χ2n) is 7.17. The van der Waals surface area contributed by atoms with Crippen LogP contribution >= 0.6 is 0 Å². The SMILES string of the molecule is O=C(NCC(O)CO)c1ccccc1Nc1ccc2c(/C=C/c3ccccn3)n[nH]c2c1. The van der Waals surface area contributed by atoms with Gasteiger partial charge >= 0.3 is 0 Å². The maximum absolute atomic E-state index is 12.5. The summed E-state index contributed by atoms with van der Waals surface area (Å²) in [6.07, 6.45) is 4.56. The van der Waals surface area contributed by atoms with Gasteiger partial charge in [-0.15, -0.1) is 0 Å². The van der Waals surface area contributed by atoms with Crippen LogP contribution in [0.4, 0.5) is 11.4 Å². The van der Waals surface area contributed by atoms with Gasteiger partial charge in [0.25, 0.3) is 5.91 Å².